The molecule has 0 N–H and O–H groups in total. The Kier molecular flexibility index (Phi) is 8.07. The number of fused-ring (bicyclic) bond motifs is 12. The van der Waals surface area contributed by atoms with Crippen LogP contribution in [0.5, 0.6) is 11.5 Å². The first-order chi connectivity index (χ1) is 31.7. The highest BCUT2D eigenvalue weighted by molar-refractivity contribution is 5.92. The lowest BCUT2D eigenvalue weighted by Gasteiger charge is -2.39. The molecule has 1 aliphatic heterocycles. The van der Waals surface area contributed by atoms with Crippen LogP contribution in [0.4, 0.5) is 17.1 Å². The second-order valence-corrected chi connectivity index (χ2v) is 17.1. The average molecular weight is 816 g/mol. The maximum atomic E-state index is 6.60. The predicted molar refractivity (Wildman–Crippen MR) is 261 cm³/mol. The lowest BCUT2D eigenvalue weighted by molar-refractivity contribution is 0.436. The summed E-state index contributed by atoms with van der Waals surface area (Å²) in [6.45, 7) is 0. The molecule has 13 rings (SSSR count). The predicted octanol–water partition coefficient (Wildman–Crippen LogP) is 15.7. The van der Waals surface area contributed by atoms with E-state index in [2.05, 4.69) is 254 Å². The molecule has 1 spiro atoms. The van der Waals surface area contributed by atoms with E-state index in [0.29, 0.717) is 0 Å². The van der Waals surface area contributed by atoms with Crippen LogP contribution in [-0.2, 0) is 10.8 Å². The third-order valence-electron chi connectivity index (χ3n) is 14.0. The van der Waals surface area contributed by atoms with Crippen molar-refractivity contribution in [1.82, 2.24) is 0 Å². The summed E-state index contributed by atoms with van der Waals surface area (Å²) in [6.07, 6.45) is 0. The minimum Gasteiger partial charge on any atom is -0.457 e. The summed E-state index contributed by atoms with van der Waals surface area (Å²) in [6, 6.07) is 91.1. The lowest BCUT2D eigenvalue weighted by Crippen LogP contribution is -2.32. The quantitative estimate of drug-likeness (QED) is 0.166. The van der Waals surface area contributed by atoms with Crippen molar-refractivity contribution in [1.29, 1.82) is 0 Å². The second-order valence-electron chi connectivity index (χ2n) is 17.1. The van der Waals surface area contributed by atoms with Crippen molar-refractivity contribution in [2.75, 3.05) is 4.90 Å². The topological polar surface area (TPSA) is 12.5 Å². The van der Waals surface area contributed by atoms with Gasteiger partial charge in [0.05, 0.1) is 10.8 Å². The molecule has 0 aromatic heterocycles. The summed E-state index contributed by atoms with van der Waals surface area (Å²) >= 11 is 0. The highest BCUT2D eigenvalue weighted by atomic mass is 16.5. The molecule has 10 aromatic rings. The van der Waals surface area contributed by atoms with Crippen molar-refractivity contribution in [3.63, 3.8) is 0 Å². The van der Waals surface area contributed by atoms with Gasteiger partial charge in [-0.2, -0.15) is 0 Å². The van der Waals surface area contributed by atoms with Gasteiger partial charge in [0, 0.05) is 28.2 Å². The molecule has 300 valence electrons. The van der Waals surface area contributed by atoms with Crippen LogP contribution in [0, 0.1) is 0 Å². The van der Waals surface area contributed by atoms with Gasteiger partial charge in [-0.15, -0.1) is 0 Å². The van der Waals surface area contributed by atoms with Gasteiger partial charge in [0.2, 0.25) is 0 Å². The minimum atomic E-state index is -0.513. The van der Waals surface area contributed by atoms with Gasteiger partial charge < -0.3 is 9.64 Å². The molecule has 0 bridgehead atoms. The second kappa shape index (κ2) is 14.2. The molecule has 0 fully saturated rings. The zero-order valence-corrected chi connectivity index (χ0v) is 35.0. The fraction of sp³-hybridized carbons (Fsp3) is 0.0323. The third kappa shape index (κ3) is 5.08. The van der Waals surface area contributed by atoms with E-state index in [0.717, 1.165) is 34.1 Å². The van der Waals surface area contributed by atoms with E-state index >= 15 is 0 Å². The zero-order valence-electron chi connectivity index (χ0n) is 35.0. The number of rotatable bonds is 6. The number of hydrogen-bond acceptors (Lipinski definition) is 2. The van der Waals surface area contributed by atoms with Gasteiger partial charge in [-0.05, 0) is 115 Å². The van der Waals surface area contributed by atoms with Gasteiger partial charge in [0.1, 0.15) is 11.5 Å². The number of benzene rings is 10. The lowest BCUT2D eigenvalue weighted by atomic mass is 9.66. The molecule has 0 saturated heterocycles. The molecule has 3 aliphatic rings. The van der Waals surface area contributed by atoms with Gasteiger partial charge in [-0.1, -0.05) is 200 Å². The Labute approximate surface area is 374 Å². The molecule has 0 amide bonds. The van der Waals surface area contributed by atoms with Crippen molar-refractivity contribution in [2.24, 2.45) is 0 Å². The van der Waals surface area contributed by atoms with Crippen LogP contribution >= 0.6 is 0 Å². The van der Waals surface area contributed by atoms with Gasteiger partial charge in [-0.3, -0.25) is 0 Å². The Morgan fingerprint density at radius 3 is 1.34 bits per heavy atom. The van der Waals surface area contributed by atoms with Gasteiger partial charge in [0.25, 0.3) is 0 Å². The standard InChI is InChI=1S/C62H41NO/c1-3-19-44(20-4-1)61(53-27-10-7-24-49(53)50-25-8-11-28-54(50)61)45-36-34-42(35-37-45)43-18-17-23-47(40-43)63(46-21-5-2-6-22-46)48-38-39-56-52(41-48)51-26-9-12-29-55(51)62(56)57-30-13-15-32-59(57)64-60-33-16-14-31-58(60)62/h1-41H. The fourth-order valence-corrected chi connectivity index (χ4v) is 11.5. The molecule has 1 heterocycles. The van der Waals surface area contributed by atoms with E-state index < -0.39 is 10.8 Å². The first-order valence-corrected chi connectivity index (χ1v) is 22.2. The molecule has 2 heteroatoms. The highest BCUT2D eigenvalue weighted by Crippen LogP contribution is 2.63. The minimum absolute atomic E-state index is 0.432. The van der Waals surface area contributed by atoms with Crippen LogP contribution in [0.25, 0.3) is 33.4 Å². The van der Waals surface area contributed by atoms with Crippen molar-refractivity contribution in [3.05, 3.63) is 293 Å². The van der Waals surface area contributed by atoms with E-state index in [9.17, 15) is 0 Å². The monoisotopic (exact) mass is 815 g/mol. The molecule has 0 radical (unpaired) electrons. The van der Waals surface area contributed by atoms with Crippen molar-refractivity contribution in [3.8, 4) is 44.9 Å². The molecule has 64 heavy (non-hydrogen) atoms. The summed E-state index contributed by atoms with van der Waals surface area (Å²) in [5, 5.41) is 0. The summed E-state index contributed by atoms with van der Waals surface area (Å²) in [5.41, 5.74) is 19.8. The van der Waals surface area contributed by atoms with Crippen LogP contribution in [0.3, 0.4) is 0 Å². The van der Waals surface area contributed by atoms with Crippen LogP contribution in [0.15, 0.2) is 249 Å². The van der Waals surface area contributed by atoms with Crippen molar-refractivity contribution < 1.29 is 4.74 Å². The van der Waals surface area contributed by atoms with Gasteiger partial charge in [-0.25, -0.2) is 0 Å². The number of anilines is 3. The molecule has 0 saturated carbocycles. The number of para-hydroxylation sites is 3. The smallest absolute Gasteiger partial charge is 0.132 e. The van der Waals surface area contributed by atoms with Crippen molar-refractivity contribution in [2.45, 2.75) is 10.8 Å². The number of hydrogen-bond donors (Lipinski definition) is 0. The summed E-state index contributed by atoms with van der Waals surface area (Å²) < 4.78 is 6.60. The van der Waals surface area contributed by atoms with E-state index in [-0.39, 0.29) is 0 Å². The van der Waals surface area contributed by atoms with E-state index in [4.69, 9.17) is 4.74 Å². The van der Waals surface area contributed by atoms with E-state index in [1.807, 2.05) is 0 Å². The van der Waals surface area contributed by atoms with Gasteiger partial charge >= 0.3 is 0 Å². The highest BCUT2D eigenvalue weighted by Gasteiger charge is 2.51. The van der Waals surface area contributed by atoms with Crippen LogP contribution in [0.1, 0.15) is 44.5 Å². The van der Waals surface area contributed by atoms with Crippen LogP contribution < -0.4 is 9.64 Å². The maximum Gasteiger partial charge on any atom is 0.132 e. The first kappa shape index (κ1) is 36.5. The molecule has 2 nitrogen and oxygen atoms in total. The Bertz CT molecular complexity index is 3330. The molecule has 0 unspecified atom stereocenters. The fourth-order valence-electron chi connectivity index (χ4n) is 11.5. The summed E-state index contributed by atoms with van der Waals surface area (Å²) in [7, 11) is 0. The van der Waals surface area contributed by atoms with Crippen LogP contribution in [-0.4, -0.2) is 0 Å². The number of nitrogens with zero attached hydrogens (tertiary/aromatic N) is 1. The van der Waals surface area contributed by atoms with Gasteiger partial charge in [0.15, 0.2) is 0 Å². The number of ether oxygens (including phenoxy) is 1. The molecular weight excluding hydrogens is 775 g/mol. The Morgan fingerprint density at radius 1 is 0.266 bits per heavy atom. The van der Waals surface area contributed by atoms with E-state index in [1.165, 1.54) is 72.3 Å². The molecular formula is C62H41NO. The average Bonchev–Trinajstić information content (AvgIpc) is 3.83. The zero-order chi connectivity index (χ0) is 42.2. The maximum absolute atomic E-state index is 6.60. The SMILES string of the molecule is c1ccc(N(c2cccc(-c3ccc(C4(c5ccccc5)c5ccccc5-c5ccccc54)cc3)c2)c2ccc3c(c2)-c2ccccc2C32c3ccccc3Oc3ccccc32)cc1. The summed E-state index contributed by atoms with van der Waals surface area (Å²) in [4.78, 5) is 2.40. The van der Waals surface area contributed by atoms with Crippen LogP contribution in [0.2, 0.25) is 0 Å². The normalized spacial score (nSPS) is 14.0. The Balaban J connectivity index is 0.944. The summed E-state index contributed by atoms with van der Waals surface area (Å²) in [5.74, 6) is 1.80. The van der Waals surface area contributed by atoms with Crippen molar-refractivity contribution >= 4 is 17.1 Å². The molecule has 10 aromatic carbocycles. The third-order valence-corrected chi connectivity index (χ3v) is 14.0. The molecule has 2 aliphatic carbocycles. The first-order valence-electron chi connectivity index (χ1n) is 22.2. The molecule has 0 atom stereocenters. The Hall–Kier alpha value is -8.20. The largest absolute Gasteiger partial charge is 0.457 e. The van der Waals surface area contributed by atoms with E-state index in [1.54, 1.807) is 0 Å². The Morgan fingerprint density at radius 2 is 0.719 bits per heavy atom.